The van der Waals surface area contributed by atoms with E-state index in [1.54, 1.807) is 6.07 Å². The Hall–Kier alpha value is -1.26. The average molecular weight is 285 g/mol. The zero-order valence-electron chi connectivity index (χ0n) is 11.4. The Morgan fingerprint density at radius 2 is 2.21 bits per heavy atom. The Labute approximate surface area is 119 Å². The van der Waals surface area contributed by atoms with Gasteiger partial charge in [-0.2, -0.15) is 0 Å². The van der Waals surface area contributed by atoms with Crippen LogP contribution in [0.15, 0.2) is 18.2 Å². The lowest BCUT2D eigenvalue weighted by molar-refractivity contribution is -0.128. The van der Waals surface area contributed by atoms with Crippen LogP contribution in [0.5, 0.6) is 5.75 Å². The second-order valence-corrected chi connectivity index (χ2v) is 4.78. The van der Waals surface area contributed by atoms with Crippen LogP contribution in [0, 0.1) is 0 Å². The molecule has 1 amide bonds. The number of ether oxygens (including phenoxy) is 1. The molecule has 0 saturated heterocycles. The standard InChI is InChI=1S/C14H21ClN2O2/c1-3-5-6-13(14(18)17-16)19-12-8-7-10(4-2)9-11(12)15/h7-9,13H,3-6,16H2,1-2H3,(H,17,18). The maximum absolute atomic E-state index is 11.7. The van der Waals surface area contributed by atoms with E-state index in [0.717, 1.165) is 24.8 Å². The number of nitrogens with two attached hydrogens (primary N) is 1. The molecule has 4 nitrogen and oxygen atoms in total. The van der Waals surface area contributed by atoms with Crippen molar-refractivity contribution in [1.82, 2.24) is 5.43 Å². The molecule has 0 heterocycles. The van der Waals surface area contributed by atoms with Gasteiger partial charge in [0.25, 0.3) is 5.91 Å². The monoisotopic (exact) mass is 284 g/mol. The molecule has 1 atom stereocenters. The number of amides is 1. The number of nitrogens with one attached hydrogen (secondary N) is 1. The van der Waals surface area contributed by atoms with Gasteiger partial charge in [-0.25, -0.2) is 5.84 Å². The number of hydrogen-bond donors (Lipinski definition) is 2. The van der Waals surface area contributed by atoms with Crippen molar-refractivity contribution in [3.8, 4) is 5.75 Å². The normalized spacial score (nSPS) is 12.0. The number of aryl methyl sites for hydroxylation is 1. The molecule has 3 N–H and O–H groups in total. The van der Waals surface area contributed by atoms with E-state index >= 15 is 0 Å². The lowest BCUT2D eigenvalue weighted by Gasteiger charge is -2.18. The van der Waals surface area contributed by atoms with Gasteiger partial charge in [-0.15, -0.1) is 0 Å². The van der Waals surface area contributed by atoms with E-state index in [2.05, 4.69) is 19.3 Å². The molecule has 0 spiro atoms. The summed E-state index contributed by atoms with van der Waals surface area (Å²) in [6, 6.07) is 5.59. The Balaban J connectivity index is 2.80. The SMILES string of the molecule is CCCCC(Oc1ccc(CC)cc1Cl)C(=O)NN. The van der Waals surface area contributed by atoms with E-state index < -0.39 is 6.10 Å². The minimum absolute atomic E-state index is 0.330. The van der Waals surface area contributed by atoms with Crippen molar-refractivity contribution in [2.75, 3.05) is 0 Å². The summed E-state index contributed by atoms with van der Waals surface area (Å²) < 4.78 is 5.68. The van der Waals surface area contributed by atoms with Gasteiger partial charge in [0.05, 0.1) is 5.02 Å². The third kappa shape index (κ3) is 4.73. The fourth-order valence-electron chi connectivity index (χ4n) is 1.74. The Kier molecular flexibility index (Phi) is 6.67. The van der Waals surface area contributed by atoms with Crippen molar-refractivity contribution in [3.63, 3.8) is 0 Å². The fourth-order valence-corrected chi connectivity index (χ4v) is 1.99. The molecule has 0 aromatic heterocycles. The van der Waals surface area contributed by atoms with Crippen molar-refractivity contribution in [2.24, 2.45) is 5.84 Å². The quantitative estimate of drug-likeness (QED) is 0.460. The summed E-state index contributed by atoms with van der Waals surface area (Å²) in [4.78, 5) is 11.7. The highest BCUT2D eigenvalue weighted by molar-refractivity contribution is 6.32. The lowest BCUT2D eigenvalue weighted by Crippen LogP contribution is -2.42. The molecule has 5 heteroatoms. The molecule has 0 bridgehead atoms. The predicted molar refractivity (Wildman–Crippen MR) is 77.1 cm³/mol. The number of hydrazine groups is 1. The van der Waals surface area contributed by atoms with Gasteiger partial charge in [-0.3, -0.25) is 10.2 Å². The lowest BCUT2D eigenvalue weighted by atomic mass is 10.1. The van der Waals surface area contributed by atoms with Gasteiger partial charge in [0.15, 0.2) is 6.10 Å². The number of hydrogen-bond acceptors (Lipinski definition) is 3. The average Bonchev–Trinajstić information content (AvgIpc) is 2.43. The maximum Gasteiger partial charge on any atom is 0.274 e. The van der Waals surface area contributed by atoms with Crippen molar-refractivity contribution < 1.29 is 9.53 Å². The molecule has 19 heavy (non-hydrogen) atoms. The first-order valence-electron chi connectivity index (χ1n) is 6.57. The Bertz CT molecular complexity index is 424. The largest absolute Gasteiger partial charge is 0.479 e. The zero-order chi connectivity index (χ0) is 14.3. The van der Waals surface area contributed by atoms with Gasteiger partial charge < -0.3 is 4.74 Å². The molecule has 0 saturated carbocycles. The van der Waals surface area contributed by atoms with Crippen LogP contribution < -0.4 is 16.0 Å². The third-order valence-electron chi connectivity index (χ3n) is 2.93. The van der Waals surface area contributed by atoms with Crippen LogP contribution in [-0.2, 0) is 11.2 Å². The molecule has 1 rings (SSSR count). The summed E-state index contributed by atoms with van der Waals surface area (Å²) in [5, 5.41) is 0.519. The highest BCUT2D eigenvalue weighted by atomic mass is 35.5. The molecular weight excluding hydrogens is 264 g/mol. The molecule has 0 fully saturated rings. The van der Waals surface area contributed by atoms with Gasteiger partial charge in [-0.05, 0) is 37.0 Å². The van der Waals surface area contributed by atoms with Crippen LogP contribution in [0.25, 0.3) is 0 Å². The molecule has 0 radical (unpaired) electrons. The summed E-state index contributed by atoms with van der Waals surface area (Å²) in [5.41, 5.74) is 3.26. The van der Waals surface area contributed by atoms with Crippen molar-refractivity contribution >= 4 is 17.5 Å². The van der Waals surface area contributed by atoms with Crippen LogP contribution >= 0.6 is 11.6 Å². The van der Waals surface area contributed by atoms with Crippen LogP contribution in [-0.4, -0.2) is 12.0 Å². The third-order valence-corrected chi connectivity index (χ3v) is 3.22. The van der Waals surface area contributed by atoms with E-state index in [0.29, 0.717) is 17.2 Å². The highest BCUT2D eigenvalue weighted by Gasteiger charge is 2.20. The maximum atomic E-state index is 11.7. The number of carbonyl (C=O) groups excluding carboxylic acids is 1. The van der Waals surface area contributed by atoms with Crippen LogP contribution in [0.1, 0.15) is 38.7 Å². The van der Waals surface area contributed by atoms with Gasteiger partial charge in [0.2, 0.25) is 0 Å². The molecule has 106 valence electrons. The van der Waals surface area contributed by atoms with E-state index in [9.17, 15) is 4.79 Å². The van der Waals surface area contributed by atoms with E-state index in [4.69, 9.17) is 22.2 Å². The number of carbonyl (C=O) groups is 1. The van der Waals surface area contributed by atoms with Crippen LogP contribution in [0.4, 0.5) is 0 Å². The van der Waals surface area contributed by atoms with Gasteiger partial charge >= 0.3 is 0 Å². The van der Waals surface area contributed by atoms with Crippen molar-refractivity contribution in [3.05, 3.63) is 28.8 Å². The molecule has 0 aliphatic heterocycles. The summed E-state index contributed by atoms with van der Waals surface area (Å²) in [7, 11) is 0. The molecule has 0 aliphatic rings. The minimum atomic E-state index is -0.602. The zero-order valence-corrected chi connectivity index (χ0v) is 12.2. The summed E-state index contributed by atoms with van der Waals surface area (Å²) in [6.07, 6.45) is 2.80. The molecular formula is C14H21ClN2O2. The molecule has 1 aromatic carbocycles. The Morgan fingerprint density at radius 1 is 1.47 bits per heavy atom. The fraction of sp³-hybridized carbons (Fsp3) is 0.500. The molecule has 1 unspecified atom stereocenters. The van der Waals surface area contributed by atoms with Crippen LogP contribution in [0.3, 0.4) is 0 Å². The van der Waals surface area contributed by atoms with Crippen molar-refractivity contribution in [1.29, 1.82) is 0 Å². The highest BCUT2D eigenvalue weighted by Crippen LogP contribution is 2.27. The number of rotatable bonds is 7. The predicted octanol–water partition coefficient (Wildman–Crippen LogP) is 2.83. The second kappa shape index (κ2) is 8.02. The summed E-state index contributed by atoms with van der Waals surface area (Å²) >= 11 is 6.15. The first-order valence-corrected chi connectivity index (χ1v) is 6.95. The second-order valence-electron chi connectivity index (χ2n) is 4.38. The first-order chi connectivity index (χ1) is 9.12. The van der Waals surface area contributed by atoms with Gasteiger partial charge in [0.1, 0.15) is 5.75 Å². The number of unbranched alkanes of at least 4 members (excludes halogenated alkanes) is 1. The molecule has 1 aromatic rings. The van der Waals surface area contributed by atoms with Crippen LogP contribution in [0.2, 0.25) is 5.02 Å². The van der Waals surface area contributed by atoms with E-state index in [1.165, 1.54) is 0 Å². The summed E-state index contributed by atoms with van der Waals surface area (Å²) in [5.74, 6) is 5.36. The summed E-state index contributed by atoms with van der Waals surface area (Å²) in [6.45, 7) is 4.11. The van der Waals surface area contributed by atoms with Crippen molar-refractivity contribution in [2.45, 2.75) is 45.6 Å². The molecule has 0 aliphatic carbocycles. The minimum Gasteiger partial charge on any atom is -0.479 e. The first kappa shape index (κ1) is 15.8. The number of halogens is 1. The van der Waals surface area contributed by atoms with Gasteiger partial charge in [-0.1, -0.05) is 37.9 Å². The smallest absolute Gasteiger partial charge is 0.274 e. The van der Waals surface area contributed by atoms with E-state index in [-0.39, 0.29) is 5.91 Å². The number of benzene rings is 1. The Morgan fingerprint density at radius 3 is 2.74 bits per heavy atom. The topological polar surface area (TPSA) is 64.3 Å². The van der Waals surface area contributed by atoms with E-state index in [1.807, 2.05) is 12.1 Å². The van der Waals surface area contributed by atoms with Gasteiger partial charge in [0, 0.05) is 0 Å².